The molecule has 2 nitrogen and oxygen atoms in total. The molecule has 0 heterocycles. The predicted molar refractivity (Wildman–Crippen MR) is 77.3 cm³/mol. The molecule has 0 amide bonds. The Morgan fingerprint density at radius 2 is 1.84 bits per heavy atom. The number of hydrogen-bond donors (Lipinski definition) is 1. The van der Waals surface area contributed by atoms with E-state index in [9.17, 15) is 4.79 Å². The third kappa shape index (κ3) is 2.12. The van der Waals surface area contributed by atoms with E-state index in [1.807, 2.05) is 19.1 Å². The summed E-state index contributed by atoms with van der Waals surface area (Å²) >= 11 is 0. The van der Waals surface area contributed by atoms with Crippen LogP contribution in [0, 0.1) is 5.41 Å². The summed E-state index contributed by atoms with van der Waals surface area (Å²) in [5.74, 6) is 0.964. The van der Waals surface area contributed by atoms with Crippen LogP contribution in [-0.2, 0) is 0 Å². The molecule has 2 aliphatic carbocycles. The van der Waals surface area contributed by atoms with Crippen LogP contribution < -0.4 is 5.73 Å². The fourth-order valence-electron chi connectivity index (χ4n) is 3.45. The number of benzene rings is 1. The first-order valence-corrected chi connectivity index (χ1v) is 7.51. The van der Waals surface area contributed by atoms with E-state index in [-0.39, 0.29) is 17.2 Å². The monoisotopic (exact) mass is 257 g/mol. The van der Waals surface area contributed by atoms with Gasteiger partial charge in [-0.1, -0.05) is 44.0 Å². The molecular formula is C17H23NO. The van der Waals surface area contributed by atoms with Crippen molar-refractivity contribution in [3.05, 3.63) is 35.4 Å². The summed E-state index contributed by atoms with van der Waals surface area (Å²) in [6, 6.07) is 8.31. The molecule has 0 aliphatic heterocycles. The zero-order chi connectivity index (χ0) is 13.5. The van der Waals surface area contributed by atoms with Crippen LogP contribution in [0.25, 0.3) is 0 Å². The van der Waals surface area contributed by atoms with Gasteiger partial charge in [-0.2, -0.15) is 0 Å². The highest BCUT2D eigenvalue weighted by atomic mass is 16.1. The van der Waals surface area contributed by atoms with E-state index < -0.39 is 0 Å². The topological polar surface area (TPSA) is 43.1 Å². The molecule has 2 aliphatic rings. The number of hydrogen-bond acceptors (Lipinski definition) is 2. The molecule has 2 unspecified atom stereocenters. The molecule has 0 radical (unpaired) electrons. The second-order valence-corrected chi connectivity index (χ2v) is 6.50. The highest BCUT2D eigenvalue weighted by Crippen LogP contribution is 2.40. The Labute approximate surface area is 115 Å². The van der Waals surface area contributed by atoms with Crippen molar-refractivity contribution >= 4 is 5.78 Å². The van der Waals surface area contributed by atoms with Crippen molar-refractivity contribution in [2.45, 2.75) is 57.4 Å². The van der Waals surface area contributed by atoms with Gasteiger partial charge in [-0.3, -0.25) is 4.79 Å². The smallest absolute Gasteiger partial charge is 0.170 e. The highest BCUT2D eigenvalue weighted by molar-refractivity contribution is 6.01. The Kier molecular flexibility index (Phi) is 3.22. The number of Topliss-reactive ketones (excluding diaryl/α,β-unsaturated/α-hetero) is 1. The second-order valence-electron chi connectivity index (χ2n) is 6.50. The highest BCUT2D eigenvalue weighted by Gasteiger charge is 2.43. The van der Waals surface area contributed by atoms with Crippen LogP contribution in [0.2, 0.25) is 0 Å². The van der Waals surface area contributed by atoms with Crippen molar-refractivity contribution in [1.82, 2.24) is 0 Å². The predicted octanol–water partition coefficient (Wildman–Crippen LogP) is 3.65. The lowest BCUT2D eigenvalue weighted by atomic mass is 9.76. The summed E-state index contributed by atoms with van der Waals surface area (Å²) in [6.07, 6.45) is 6.92. The fourth-order valence-corrected chi connectivity index (χ4v) is 3.45. The summed E-state index contributed by atoms with van der Waals surface area (Å²) in [6.45, 7) is 2.03. The number of carbonyl (C=O) groups is 1. The van der Waals surface area contributed by atoms with Gasteiger partial charge in [0.15, 0.2) is 5.78 Å². The van der Waals surface area contributed by atoms with Crippen LogP contribution >= 0.6 is 0 Å². The molecule has 0 saturated heterocycles. The molecule has 0 bridgehead atoms. The maximum absolute atomic E-state index is 12.7. The molecular weight excluding hydrogens is 234 g/mol. The minimum absolute atomic E-state index is 0.0197. The Morgan fingerprint density at radius 3 is 2.32 bits per heavy atom. The molecule has 2 N–H and O–H groups in total. The van der Waals surface area contributed by atoms with Gasteiger partial charge in [-0.15, -0.1) is 0 Å². The van der Waals surface area contributed by atoms with Gasteiger partial charge in [0.2, 0.25) is 0 Å². The summed E-state index contributed by atoms with van der Waals surface area (Å²) in [7, 11) is 0. The maximum atomic E-state index is 12.7. The van der Waals surface area contributed by atoms with Crippen LogP contribution in [0.15, 0.2) is 24.3 Å². The van der Waals surface area contributed by atoms with Gasteiger partial charge >= 0.3 is 0 Å². The van der Waals surface area contributed by atoms with Crippen molar-refractivity contribution in [3.8, 4) is 0 Å². The van der Waals surface area contributed by atoms with Crippen LogP contribution in [0.4, 0.5) is 0 Å². The van der Waals surface area contributed by atoms with E-state index >= 15 is 0 Å². The largest absolute Gasteiger partial charge is 0.327 e. The fraction of sp³-hybridized carbons (Fsp3) is 0.588. The van der Waals surface area contributed by atoms with Gasteiger partial charge in [0.25, 0.3) is 0 Å². The SMILES string of the molecule is CC1(C(=O)c2ccc(C3CCC3)cc2)CCCC1N. The number of nitrogens with two attached hydrogens (primary N) is 1. The van der Waals surface area contributed by atoms with Crippen molar-refractivity contribution in [1.29, 1.82) is 0 Å². The van der Waals surface area contributed by atoms with E-state index in [2.05, 4.69) is 12.1 Å². The minimum Gasteiger partial charge on any atom is -0.327 e. The molecule has 2 fully saturated rings. The molecule has 2 atom stereocenters. The Balaban J connectivity index is 1.80. The van der Waals surface area contributed by atoms with Gasteiger partial charge in [-0.05, 0) is 37.2 Å². The number of rotatable bonds is 3. The van der Waals surface area contributed by atoms with Crippen molar-refractivity contribution in [2.24, 2.45) is 11.1 Å². The van der Waals surface area contributed by atoms with Gasteiger partial charge < -0.3 is 5.73 Å². The average molecular weight is 257 g/mol. The van der Waals surface area contributed by atoms with Crippen LogP contribution in [-0.4, -0.2) is 11.8 Å². The molecule has 0 aromatic heterocycles. The molecule has 0 spiro atoms. The molecule has 2 heteroatoms. The molecule has 19 heavy (non-hydrogen) atoms. The molecule has 1 aromatic rings. The lowest BCUT2D eigenvalue weighted by molar-refractivity contribution is 0.0802. The summed E-state index contributed by atoms with van der Waals surface area (Å²) in [4.78, 5) is 12.7. The Hall–Kier alpha value is -1.15. The minimum atomic E-state index is -0.349. The number of ketones is 1. The third-order valence-electron chi connectivity index (χ3n) is 5.30. The van der Waals surface area contributed by atoms with E-state index in [4.69, 9.17) is 5.73 Å². The van der Waals surface area contributed by atoms with Crippen molar-refractivity contribution in [2.75, 3.05) is 0 Å². The first-order valence-electron chi connectivity index (χ1n) is 7.51. The van der Waals surface area contributed by atoms with E-state index in [0.717, 1.165) is 30.7 Å². The van der Waals surface area contributed by atoms with Crippen molar-refractivity contribution < 1.29 is 4.79 Å². The zero-order valence-corrected chi connectivity index (χ0v) is 11.7. The zero-order valence-electron chi connectivity index (χ0n) is 11.7. The van der Waals surface area contributed by atoms with E-state index in [0.29, 0.717) is 0 Å². The quantitative estimate of drug-likeness (QED) is 0.840. The van der Waals surface area contributed by atoms with Gasteiger partial charge in [-0.25, -0.2) is 0 Å². The normalized spacial score (nSPS) is 31.2. The Bertz CT molecular complexity index is 475. The summed E-state index contributed by atoms with van der Waals surface area (Å²) in [5, 5.41) is 0. The first kappa shape index (κ1) is 12.9. The molecule has 2 saturated carbocycles. The average Bonchev–Trinajstić information content (AvgIpc) is 2.69. The number of carbonyl (C=O) groups excluding carboxylic acids is 1. The lowest BCUT2D eigenvalue weighted by Crippen LogP contribution is -2.41. The van der Waals surface area contributed by atoms with Crippen LogP contribution in [0.3, 0.4) is 0 Å². The van der Waals surface area contributed by atoms with Crippen LogP contribution in [0.1, 0.15) is 67.3 Å². The second kappa shape index (κ2) is 4.75. The van der Waals surface area contributed by atoms with Gasteiger partial charge in [0.05, 0.1) is 0 Å². The van der Waals surface area contributed by atoms with E-state index in [1.165, 1.54) is 24.8 Å². The standard InChI is InChI=1S/C17H23NO/c1-17(11-3-6-15(17)18)16(19)14-9-7-13(8-10-14)12-4-2-5-12/h7-10,12,15H,2-6,11,18H2,1H3. The van der Waals surface area contributed by atoms with Crippen LogP contribution in [0.5, 0.6) is 0 Å². The van der Waals surface area contributed by atoms with Crippen molar-refractivity contribution in [3.63, 3.8) is 0 Å². The lowest BCUT2D eigenvalue weighted by Gasteiger charge is -2.28. The van der Waals surface area contributed by atoms with E-state index in [1.54, 1.807) is 0 Å². The Morgan fingerprint density at radius 1 is 1.16 bits per heavy atom. The molecule has 102 valence electrons. The maximum Gasteiger partial charge on any atom is 0.170 e. The first-order chi connectivity index (χ1) is 9.11. The molecule has 1 aromatic carbocycles. The van der Waals surface area contributed by atoms with Gasteiger partial charge in [0, 0.05) is 17.0 Å². The third-order valence-corrected chi connectivity index (χ3v) is 5.30. The molecule has 3 rings (SSSR count). The summed E-state index contributed by atoms with van der Waals surface area (Å²) < 4.78 is 0. The van der Waals surface area contributed by atoms with Gasteiger partial charge in [0.1, 0.15) is 0 Å². The summed E-state index contributed by atoms with van der Waals surface area (Å²) in [5.41, 5.74) is 8.02.